The van der Waals surface area contributed by atoms with Crippen LogP contribution in [0, 0.1) is 29.1 Å². The number of hydrogen-bond donors (Lipinski definition) is 2. The summed E-state index contributed by atoms with van der Waals surface area (Å²) in [6.07, 6.45) is 8.50. The van der Waals surface area contributed by atoms with Crippen LogP contribution in [0.5, 0.6) is 0 Å². The van der Waals surface area contributed by atoms with E-state index in [9.17, 15) is 19.8 Å². The second-order valence-electron chi connectivity index (χ2n) is 10.1. The molecule has 9 atom stereocenters. The molecule has 5 rings (SSSR count). The quantitative estimate of drug-likeness (QED) is 0.731. The van der Waals surface area contributed by atoms with Gasteiger partial charge >= 0.3 is 0 Å². The van der Waals surface area contributed by atoms with E-state index in [1.54, 1.807) is 12.2 Å². The van der Waals surface area contributed by atoms with Gasteiger partial charge < -0.3 is 19.7 Å². The molecule has 4 aliphatic carbocycles. The van der Waals surface area contributed by atoms with Gasteiger partial charge in [0, 0.05) is 17.3 Å². The fourth-order valence-corrected chi connectivity index (χ4v) is 7.58. The van der Waals surface area contributed by atoms with Crippen molar-refractivity contribution < 1.29 is 29.3 Å². The standard InChI is InChI=1S/C24H32O6/c1-3-4-21-29-20-10-16-15-6-5-13-9-14(26)7-8-23(13,2)22(15)18(27)11-17(16)24(20,30-21)19(28)12-25/h7-9,15-18,20-22,25,27H,3-6,10-12H2,1-2H3/t15?,16-,17?,18?,20?,21?,22+,23?,24?/m0/s1. The molecule has 0 radical (unpaired) electrons. The SMILES string of the molecule is CCCC1OC2C[C@H]3C4CCC5=CC(=O)C=CC5(C)[C@H]4C(O)CC3C2(C(=O)CO)O1. The fraction of sp³-hybridized carbons (Fsp3) is 0.750. The Labute approximate surface area is 177 Å². The molecule has 1 saturated heterocycles. The third kappa shape index (κ3) is 2.63. The zero-order valence-corrected chi connectivity index (χ0v) is 17.8. The Morgan fingerprint density at radius 1 is 1.30 bits per heavy atom. The van der Waals surface area contributed by atoms with Gasteiger partial charge in [0.15, 0.2) is 23.5 Å². The first-order valence-corrected chi connectivity index (χ1v) is 11.4. The Morgan fingerprint density at radius 2 is 2.10 bits per heavy atom. The minimum atomic E-state index is -1.14. The van der Waals surface area contributed by atoms with Crippen molar-refractivity contribution >= 4 is 11.6 Å². The van der Waals surface area contributed by atoms with E-state index in [1.165, 1.54) is 0 Å². The minimum Gasteiger partial charge on any atom is -0.393 e. The van der Waals surface area contributed by atoms with Gasteiger partial charge in [0.2, 0.25) is 0 Å². The molecule has 7 unspecified atom stereocenters. The highest BCUT2D eigenvalue weighted by molar-refractivity contribution is 6.01. The van der Waals surface area contributed by atoms with Crippen molar-refractivity contribution in [2.24, 2.45) is 29.1 Å². The molecule has 1 heterocycles. The highest BCUT2D eigenvalue weighted by Crippen LogP contribution is 2.64. The average Bonchev–Trinajstić information content (AvgIpc) is 3.22. The van der Waals surface area contributed by atoms with Gasteiger partial charge in [-0.2, -0.15) is 0 Å². The van der Waals surface area contributed by atoms with E-state index >= 15 is 0 Å². The molecule has 2 N–H and O–H groups in total. The largest absolute Gasteiger partial charge is 0.393 e. The third-order valence-corrected chi connectivity index (χ3v) is 8.74. The molecule has 6 nitrogen and oxygen atoms in total. The maximum atomic E-state index is 13.0. The van der Waals surface area contributed by atoms with Crippen LogP contribution in [0.25, 0.3) is 0 Å². The predicted molar refractivity (Wildman–Crippen MR) is 108 cm³/mol. The lowest BCUT2D eigenvalue weighted by Crippen LogP contribution is -2.58. The molecule has 4 fully saturated rings. The number of aliphatic hydroxyl groups excluding tert-OH is 2. The van der Waals surface area contributed by atoms with Gasteiger partial charge in [0.25, 0.3) is 0 Å². The van der Waals surface area contributed by atoms with Crippen molar-refractivity contribution in [2.45, 2.75) is 76.5 Å². The number of carbonyl (C=O) groups is 2. The van der Waals surface area contributed by atoms with Crippen LogP contribution < -0.4 is 0 Å². The van der Waals surface area contributed by atoms with Crippen molar-refractivity contribution in [3.63, 3.8) is 0 Å². The van der Waals surface area contributed by atoms with Gasteiger partial charge in [-0.1, -0.05) is 31.9 Å². The van der Waals surface area contributed by atoms with Crippen LogP contribution in [0.3, 0.4) is 0 Å². The van der Waals surface area contributed by atoms with Gasteiger partial charge in [0.05, 0.1) is 12.2 Å². The average molecular weight is 417 g/mol. The zero-order chi connectivity index (χ0) is 21.3. The summed E-state index contributed by atoms with van der Waals surface area (Å²) in [7, 11) is 0. The van der Waals surface area contributed by atoms with Gasteiger partial charge in [0.1, 0.15) is 6.61 Å². The van der Waals surface area contributed by atoms with Crippen LogP contribution in [0.4, 0.5) is 0 Å². The molecular formula is C24H32O6. The number of rotatable bonds is 4. The monoisotopic (exact) mass is 416 g/mol. The van der Waals surface area contributed by atoms with E-state index in [2.05, 4.69) is 13.8 Å². The Morgan fingerprint density at radius 3 is 2.83 bits per heavy atom. The number of aliphatic hydroxyl groups is 2. The van der Waals surface area contributed by atoms with E-state index in [1.807, 2.05) is 6.08 Å². The first-order valence-electron chi connectivity index (χ1n) is 11.4. The van der Waals surface area contributed by atoms with E-state index in [0.717, 1.165) is 31.3 Å². The Bertz CT molecular complexity index is 817. The van der Waals surface area contributed by atoms with Crippen LogP contribution in [-0.2, 0) is 19.1 Å². The number of hydrogen-bond acceptors (Lipinski definition) is 6. The summed E-state index contributed by atoms with van der Waals surface area (Å²) in [5.74, 6) is -0.000523. The van der Waals surface area contributed by atoms with Crippen molar-refractivity contribution in [1.82, 2.24) is 0 Å². The van der Waals surface area contributed by atoms with Crippen molar-refractivity contribution in [2.75, 3.05) is 6.61 Å². The summed E-state index contributed by atoms with van der Waals surface area (Å²) in [5.41, 5.74) is -0.358. The highest BCUT2D eigenvalue weighted by Gasteiger charge is 2.70. The Hall–Kier alpha value is -1.34. The molecule has 3 saturated carbocycles. The first kappa shape index (κ1) is 20.6. The van der Waals surface area contributed by atoms with Crippen LogP contribution in [-0.4, -0.2) is 52.5 Å². The number of Topliss-reactive ketones (excluding diaryl/α,β-unsaturated/α-hetero) is 1. The molecule has 0 aromatic rings. The predicted octanol–water partition coefficient (Wildman–Crippen LogP) is 2.33. The van der Waals surface area contributed by atoms with Crippen LogP contribution in [0.2, 0.25) is 0 Å². The molecule has 164 valence electrons. The number of ether oxygens (including phenoxy) is 2. The smallest absolute Gasteiger partial charge is 0.192 e. The molecule has 0 aromatic heterocycles. The summed E-state index contributed by atoms with van der Waals surface area (Å²) in [4.78, 5) is 25.0. The number of carbonyl (C=O) groups excluding carboxylic acids is 2. The third-order valence-electron chi connectivity index (χ3n) is 8.74. The zero-order valence-electron chi connectivity index (χ0n) is 17.8. The molecule has 1 aliphatic heterocycles. The molecule has 0 aromatic carbocycles. The van der Waals surface area contributed by atoms with E-state index in [4.69, 9.17) is 9.47 Å². The van der Waals surface area contributed by atoms with E-state index in [-0.39, 0.29) is 46.8 Å². The summed E-state index contributed by atoms with van der Waals surface area (Å²) < 4.78 is 12.5. The fourth-order valence-electron chi connectivity index (χ4n) is 7.58. The second kappa shape index (κ2) is 7.09. The van der Waals surface area contributed by atoms with Crippen molar-refractivity contribution in [1.29, 1.82) is 0 Å². The van der Waals surface area contributed by atoms with Gasteiger partial charge in [-0.15, -0.1) is 0 Å². The number of allylic oxidation sites excluding steroid dienone is 4. The lowest BCUT2D eigenvalue weighted by Gasteiger charge is -2.56. The summed E-state index contributed by atoms with van der Waals surface area (Å²) in [5, 5.41) is 21.1. The molecule has 6 heteroatoms. The second-order valence-corrected chi connectivity index (χ2v) is 10.1. The lowest BCUT2D eigenvalue weighted by atomic mass is 9.49. The van der Waals surface area contributed by atoms with Crippen LogP contribution in [0.1, 0.15) is 52.4 Å². The Kier molecular flexibility index (Phi) is 4.86. The maximum Gasteiger partial charge on any atom is 0.192 e. The highest BCUT2D eigenvalue weighted by atomic mass is 16.7. The Balaban J connectivity index is 1.50. The van der Waals surface area contributed by atoms with Gasteiger partial charge in [-0.25, -0.2) is 0 Å². The van der Waals surface area contributed by atoms with Crippen molar-refractivity contribution in [3.05, 3.63) is 23.8 Å². The summed E-state index contributed by atoms with van der Waals surface area (Å²) >= 11 is 0. The van der Waals surface area contributed by atoms with E-state index < -0.39 is 24.6 Å². The molecule has 30 heavy (non-hydrogen) atoms. The molecular weight excluding hydrogens is 384 g/mol. The van der Waals surface area contributed by atoms with Crippen LogP contribution >= 0.6 is 0 Å². The topological polar surface area (TPSA) is 93.1 Å². The first-order chi connectivity index (χ1) is 14.3. The number of fused-ring (bicyclic) bond motifs is 7. The molecule has 0 bridgehead atoms. The van der Waals surface area contributed by atoms with Gasteiger partial charge in [-0.3, -0.25) is 9.59 Å². The normalized spacial score (nSPS) is 49.1. The molecule has 5 aliphatic rings. The lowest BCUT2D eigenvalue weighted by molar-refractivity contribution is -0.174. The minimum absolute atomic E-state index is 0.00893. The summed E-state index contributed by atoms with van der Waals surface area (Å²) in [6.45, 7) is 3.62. The van der Waals surface area contributed by atoms with E-state index in [0.29, 0.717) is 12.8 Å². The summed E-state index contributed by atoms with van der Waals surface area (Å²) in [6, 6.07) is 0. The molecule has 0 spiro atoms. The maximum absolute atomic E-state index is 13.0. The molecule has 0 amide bonds. The van der Waals surface area contributed by atoms with Crippen LogP contribution in [0.15, 0.2) is 23.8 Å². The van der Waals surface area contributed by atoms with Crippen molar-refractivity contribution in [3.8, 4) is 0 Å². The number of ketones is 2. The van der Waals surface area contributed by atoms with Gasteiger partial charge in [-0.05, 0) is 56.1 Å².